The second-order valence-corrected chi connectivity index (χ2v) is 4.48. The van der Waals surface area contributed by atoms with E-state index in [0.717, 1.165) is 25.3 Å². The number of hydrogen-bond donors (Lipinski definition) is 2. The Morgan fingerprint density at radius 2 is 2.10 bits per heavy atom. The van der Waals surface area contributed by atoms with Crippen LogP contribution in [0.5, 0.6) is 0 Å². The van der Waals surface area contributed by atoms with Gasteiger partial charge in [0, 0.05) is 26.7 Å². The van der Waals surface area contributed by atoms with E-state index in [4.69, 9.17) is 15.2 Å². The summed E-state index contributed by atoms with van der Waals surface area (Å²) in [5.74, 6) is -0.427. The summed E-state index contributed by atoms with van der Waals surface area (Å²) < 4.78 is 9.71. The lowest BCUT2D eigenvalue weighted by atomic mass is 10.1. The first kappa shape index (κ1) is 16.3. The van der Waals surface area contributed by atoms with Crippen LogP contribution >= 0.6 is 0 Å². The third-order valence-electron chi connectivity index (χ3n) is 3.00. The van der Waals surface area contributed by atoms with Crippen molar-refractivity contribution in [3.05, 3.63) is 23.8 Å². The first-order valence-electron chi connectivity index (χ1n) is 6.48. The highest BCUT2D eigenvalue weighted by Gasteiger charge is 2.12. The van der Waals surface area contributed by atoms with Crippen LogP contribution in [0.1, 0.15) is 10.4 Å². The lowest BCUT2D eigenvalue weighted by Gasteiger charge is -2.17. The van der Waals surface area contributed by atoms with E-state index in [1.807, 2.05) is 13.1 Å². The molecular weight excluding hydrogens is 258 g/mol. The van der Waals surface area contributed by atoms with E-state index < -0.39 is 5.97 Å². The second-order valence-electron chi connectivity index (χ2n) is 4.48. The van der Waals surface area contributed by atoms with Gasteiger partial charge in [-0.3, -0.25) is 0 Å². The highest BCUT2D eigenvalue weighted by molar-refractivity contribution is 5.98. The van der Waals surface area contributed by atoms with Gasteiger partial charge < -0.3 is 25.4 Å². The van der Waals surface area contributed by atoms with Gasteiger partial charge in [-0.25, -0.2) is 4.79 Å². The number of nitrogens with zero attached hydrogens (tertiary/aromatic N) is 1. The summed E-state index contributed by atoms with van der Waals surface area (Å²) in [6.07, 6.45) is 0. The first-order valence-corrected chi connectivity index (χ1v) is 6.48. The average molecular weight is 281 g/mol. The van der Waals surface area contributed by atoms with E-state index in [1.54, 1.807) is 19.2 Å². The zero-order valence-electron chi connectivity index (χ0n) is 12.3. The second kappa shape index (κ2) is 8.39. The SMILES string of the molecule is COCCN(C)CCNc1cccc(C(=O)OC)c1N. The number of carbonyl (C=O) groups is 1. The monoisotopic (exact) mass is 281 g/mol. The van der Waals surface area contributed by atoms with E-state index in [9.17, 15) is 4.79 Å². The third-order valence-corrected chi connectivity index (χ3v) is 3.00. The number of hydrogen-bond acceptors (Lipinski definition) is 6. The summed E-state index contributed by atoms with van der Waals surface area (Å²) in [6.45, 7) is 3.16. The van der Waals surface area contributed by atoms with Crippen molar-refractivity contribution in [3.8, 4) is 0 Å². The first-order chi connectivity index (χ1) is 9.60. The molecule has 0 aliphatic carbocycles. The van der Waals surface area contributed by atoms with Crippen molar-refractivity contribution in [2.45, 2.75) is 0 Å². The Morgan fingerprint density at radius 1 is 1.35 bits per heavy atom. The highest BCUT2D eigenvalue weighted by atomic mass is 16.5. The van der Waals surface area contributed by atoms with Gasteiger partial charge in [-0.1, -0.05) is 6.07 Å². The summed E-state index contributed by atoms with van der Waals surface area (Å²) >= 11 is 0. The zero-order valence-corrected chi connectivity index (χ0v) is 12.3. The van der Waals surface area contributed by atoms with Gasteiger partial charge in [0.2, 0.25) is 0 Å². The molecule has 0 saturated heterocycles. The molecule has 6 heteroatoms. The number of likely N-dealkylation sites (N-methyl/N-ethyl adjacent to an activating group) is 1. The van der Waals surface area contributed by atoms with Gasteiger partial charge in [0.1, 0.15) is 0 Å². The smallest absolute Gasteiger partial charge is 0.340 e. The minimum absolute atomic E-state index is 0.380. The molecule has 0 aromatic heterocycles. The topological polar surface area (TPSA) is 76.8 Å². The lowest BCUT2D eigenvalue weighted by Crippen LogP contribution is -2.28. The van der Waals surface area contributed by atoms with Crippen LogP contribution in [0.4, 0.5) is 11.4 Å². The molecule has 6 nitrogen and oxygen atoms in total. The molecule has 0 unspecified atom stereocenters. The maximum Gasteiger partial charge on any atom is 0.340 e. The van der Waals surface area contributed by atoms with Crippen molar-refractivity contribution in [2.75, 3.05) is 58.6 Å². The molecule has 0 saturated carbocycles. The van der Waals surface area contributed by atoms with Gasteiger partial charge in [-0.2, -0.15) is 0 Å². The van der Waals surface area contributed by atoms with Crippen molar-refractivity contribution >= 4 is 17.3 Å². The number of nitrogens with two attached hydrogens (primary N) is 1. The number of rotatable bonds is 8. The maximum absolute atomic E-state index is 11.5. The molecule has 0 bridgehead atoms. The van der Waals surface area contributed by atoms with E-state index in [0.29, 0.717) is 17.9 Å². The number of benzene rings is 1. The lowest BCUT2D eigenvalue weighted by molar-refractivity contribution is 0.0602. The number of nitrogens with one attached hydrogen (secondary N) is 1. The molecule has 0 heterocycles. The molecule has 112 valence electrons. The summed E-state index contributed by atoms with van der Waals surface area (Å²) in [5.41, 5.74) is 7.50. The number of anilines is 2. The zero-order chi connectivity index (χ0) is 15.0. The number of carbonyl (C=O) groups excluding carboxylic acids is 1. The predicted molar refractivity (Wildman–Crippen MR) is 80.1 cm³/mol. The average Bonchev–Trinajstić information content (AvgIpc) is 2.46. The Balaban J connectivity index is 2.54. The Kier molecular flexibility index (Phi) is 6.83. The summed E-state index contributed by atoms with van der Waals surface area (Å²) in [6, 6.07) is 5.27. The fourth-order valence-corrected chi connectivity index (χ4v) is 1.75. The number of ether oxygens (including phenoxy) is 2. The van der Waals surface area contributed by atoms with E-state index >= 15 is 0 Å². The molecule has 1 aromatic rings. The van der Waals surface area contributed by atoms with Crippen LogP contribution in [0.25, 0.3) is 0 Å². The predicted octanol–water partition coefficient (Wildman–Crippen LogP) is 1.05. The summed E-state index contributed by atoms with van der Waals surface area (Å²) in [5, 5.41) is 3.22. The molecule has 20 heavy (non-hydrogen) atoms. The van der Waals surface area contributed by atoms with Gasteiger partial charge in [0.05, 0.1) is 30.7 Å². The number of esters is 1. The molecule has 0 spiro atoms. The minimum Gasteiger partial charge on any atom is -0.465 e. The third kappa shape index (κ3) is 4.71. The van der Waals surface area contributed by atoms with Crippen LogP contribution in [0, 0.1) is 0 Å². The van der Waals surface area contributed by atoms with Crippen LogP contribution in [0.2, 0.25) is 0 Å². The van der Waals surface area contributed by atoms with Crippen LogP contribution in [-0.4, -0.2) is 58.4 Å². The molecule has 0 radical (unpaired) electrons. The molecule has 1 aromatic carbocycles. The van der Waals surface area contributed by atoms with Crippen molar-refractivity contribution in [1.82, 2.24) is 4.90 Å². The molecular formula is C14H23N3O3. The molecule has 1 rings (SSSR count). The fraction of sp³-hybridized carbons (Fsp3) is 0.500. The van der Waals surface area contributed by atoms with E-state index in [1.165, 1.54) is 7.11 Å². The minimum atomic E-state index is -0.427. The Labute approximate surface area is 119 Å². The Bertz CT molecular complexity index is 438. The molecule has 3 N–H and O–H groups in total. The van der Waals surface area contributed by atoms with Crippen molar-refractivity contribution < 1.29 is 14.3 Å². The van der Waals surface area contributed by atoms with Gasteiger partial charge in [0.25, 0.3) is 0 Å². The van der Waals surface area contributed by atoms with Gasteiger partial charge >= 0.3 is 5.97 Å². The fourth-order valence-electron chi connectivity index (χ4n) is 1.75. The van der Waals surface area contributed by atoms with Crippen LogP contribution in [-0.2, 0) is 9.47 Å². The standard InChI is InChI=1S/C14H23N3O3/c1-17(9-10-19-2)8-7-16-12-6-4-5-11(13(12)15)14(18)20-3/h4-6,16H,7-10,15H2,1-3H3. The number of para-hydroxylation sites is 1. The molecule has 0 fully saturated rings. The highest BCUT2D eigenvalue weighted by Crippen LogP contribution is 2.23. The Hall–Kier alpha value is -1.79. The Morgan fingerprint density at radius 3 is 2.75 bits per heavy atom. The number of nitrogen functional groups attached to an aromatic ring is 1. The van der Waals surface area contributed by atoms with Crippen LogP contribution in [0.15, 0.2) is 18.2 Å². The summed E-state index contributed by atoms with van der Waals surface area (Å²) in [4.78, 5) is 13.7. The summed E-state index contributed by atoms with van der Waals surface area (Å²) in [7, 11) is 5.05. The maximum atomic E-state index is 11.5. The van der Waals surface area contributed by atoms with Crippen molar-refractivity contribution in [2.24, 2.45) is 0 Å². The van der Waals surface area contributed by atoms with Crippen molar-refractivity contribution in [1.29, 1.82) is 0 Å². The van der Waals surface area contributed by atoms with E-state index in [2.05, 4.69) is 10.2 Å². The molecule has 0 aliphatic rings. The van der Waals surface area contributed by atoms with E-state index in [-0.39, 0.29) is 0 Å². The van der Waals surface area contributed by atoms with Gasteiger partial charge in [0.15, 0.2) is 0 Å². The molecule has 0 aliphatic heterocycles. The van der Waals surface area contributed by atoms with Crippen LogP contribution in [0.3, 0.4) is 0 Å². The normalized spacial score (nSPS) is 10.6. The molecule has 0 amide bonds. The largest absolute Gasteiger partial charge is 0.465 e. The molecule has 0 atom stereocenters. The van der Waals surface area contributed by atoms with Crippen LogP contribution < -0.4 is 11.1 Å². The quantitative estimate of drug-likeness (QED) is 0.548. The number of methoxy groups -OCH3 is 2. The van der Waals surface area contributed by atoms with Crippen molar-refractivity contribution in [3.63, 3.8) is 0 Å². The van der Waals surface area contributed by atoms with Gasteiger partial charge in [-0.15, -0.1) is 0 Å². The van der Waals surface area contributed by atoms with Gasteiger partial charge in [-0.05, 0) is 19.2 Å².